The summed E-state index contributed by atoms with van der Waals surface area (Å²) in [6.45, 7) is 8.61. The van der Waals surface area contributed by atoms with Gasteiger partial charge in [0.15, 0.2) is 0 Å². The number of benzene rings is 1. The number of pyridine rings is 1. The Morgan fingerprint density at radius 2 is 1.81 bits per heavy atom. The molecule has 0 fully saturated rings. The van der Waals surface area contributed by atoms with Gasteiger partial charge in [0.25, 0.3) is 0 Å². The molecule has 0 spiro atoms. The highest BCUT2D eigenvalue weighted by Crippen LogP contribution is 2.32. The van der Waals surface area contributed by atoms with Crippen LogP contribution >= 0.6 is 0 Å². The molecule has 3 heterocycles. The zero-order valence-electron chi connectivity index (χ0n) is 18.8. The number of aromatic nitrogens is 4. The van der Waals surface area contributed by atoms with Crippen LogP contribution in [0.1, 0.15) is 44.6 Å². The van der Waals surface area contributed by atoms with E-state index in [-0.39, 0.29) is 0 Å². The summed E-state index contributed by atoms with van der Waals surface area (Å²) in [7, 11) is 0. The lowest BCUT2D eigenvalue weighted by Crippen LogP contribution is -2.02. The van der Waals surface area contributed by atoms with Gasteiger partial charge in [-0.25, -0.2) is 15.0 Å². The molecule has 0 atom stereocenters. The van der Waals surface area contributed by atoms with Crippen LogP contribution in [0.15, 0.2) is 67.0 Å². The van der Waals surface area contributed by atoms with Crippen molar-refractivity contribution in [1.29, 1.82) is 0 Å². The molecule has 4 aromatic rings. The number of rotatable bonds is 7. The molecule has 0 aliphatic carbocycles. The van der Waals surface area contributed by atoms with E-state index in [0.717, 1.165) is 53.4 Å². The van der Waals surface area contributed by atoms with E-state index in [0.29, 0.717) is 5.92 Å². The van der Waals surface area contributed by atoms with E-state index in [1.54, 1.807) is 0 Å². The van der Waals surface area contributed by atoms with Crippen LogP contribution in [-0.4, -0.2) is 19.4 Å². The van der Waals surface area contributed by atoms with Crippen molar-refractivity contribution in [3.8, 4) is 22.6 Å². The molecule has 0 saturated carbocycles. The minimum atomic E-state index is 0.507. The van der Waals surface area contributed by atoms with E-state index < -0.39 is 0 Å². The van der Waals surface area contributed by atoms with Crippen LogP contribution in [-0.2, 0) is 19.3 Å². The van der Waals surface area contributed by atoms with Gasteiger partial charge in [0.1, 0.15) is 11.5 Å². The van der Waals surface area contributed by atoms with Crippen molar-refractivity contribution in [2.75, 3.05) is 0 Å². The molecule has 158 valence electrons. The summed E-state index contributed by atoms with van der Waals surface area (Å²) in [5.74, 6) is 1.38. The Bertz CT molecular complexity index is 1200. The molecule has 3 aromatic heterocycles. The standard InChI is InChI=1S/C27H30N4/c1-5-7-8-21-14-16-31-25(18-21)30-26(22-11-9-20(6-2)10-12-22)27(31)23-13-15-28-24(29-23)17-19(3)4/h5,7,9-16,18-19H,6,8,17H2,1-4H3. The van der Waals surface area contributed by atoms with E-state index in [2.05, 4.69) is 84.9 Å². The van der Waals surface area contributed by atoms with Crippen molar-refractivity contribution in [2.24, 2.45) is 5.92 Å². The van der Waals surface area contributed by atoms with Crippen molar-refractivity contribution in [3.63, 3.8) is 0 Å². The summed E-state index contributed by atoms with van der Waals surface area (Å²) in [6.07, 6.45) is 11.0. The number of nitrogens with zero attached hydrogens (tertiary/aromatic N) is 4. The lowest BCUT2D eigenvalue weighted by Gasteiger charge is -2.09. The summed E-state index contributed by atoms with van der Waals surface area (Å²) >= 11 is 0. The quantitative estimate of drug-likeness (QED) is 0.334. The predicted molar refractivity (Wildman–Crippen MR) is 128 cm³/mol. The Hall–Kier alpha value is -3.27. The first-order valence-corrected chi connectivity index (χ1v) is 11.1. The maximum atomic E-state index is 5.05. The van der Waals surface area contributed by atoms with Crippen LogP contribution in [0.3, 0.4) is 0 Å². The average molecular weight is 411 g/mol. The molecule has 31 heavy (non-hydrogen) atoms. The second-order valence-electron chi connectivity index (χ2n) is 8.35. The highest BCUT2D eigenvalue weighted by Gasteiger charge is 2.18. The molecular weight excluding hydrogens is 380 g/mol. The van der Waals surface area contributed by atoms with Crippen LogP contribution in [0.4, 0.5) is 0 Å². The normalized spacial score (nSPS) is 11.8. The van der Waals surface area contributed by atoms with Gasteiger partial charge in [-0.3, -0.25) is 4.40 Å². The molecule has 1 aromatic carbocycles. The third-order valence-electron chi connectivity index (χ3n) is 5.45. The van der Waals surface area contributed by atoms with E-state index in [1.165, 1.54) is 11.1 Å². The molecule has 0 bridgehead atoms. The highest BCUT2D eigenvalue weighted by atomic mass is 15.0. The molecule has 4 heteroatoms. The van der Waals surface area contributed by atoms with Crippen LogP contribution in [0.5, 0.6) is 0 Å². The summed E-state index contributed by atoms with van der Waals surface area (Å²) < 4.78 is 2.16. The molecule has 0 unspecified atom stereocenters. The first-order valence-electron chi connectivity index (χ1n) is 11.1. The van der Waals surface area contributed by atoms with Gasteiger partial charge < -0.3 is 0 Å². The fourth-order valence-electron chi connectivity index (χ4n) is 3.81. The molecule has 4 nitrogen and oxygen atoms in total. The third kappa shape index (κ3) is 4.58. The number of fused-ring (bicyclic) bond motifs is 1. The van der Waals surface area contributed by atoms with Crippen molar-refractivity contribution >= 4 is 5.65 Å². The summed E-state index contributed by atoms with van der Waals surface area (Å²) in [5.41, 5.74) is 7.51. The molecule has 4 rings (SSSR count). The molecule has 0 aliphatic rings. The Kier molecular flexibility index (Phi) is 6.26. The smallest absolute Gasteiger partial charge is 0.138 e. The summed E-state index contributed by atoms with van der Waals surface area (Å²) in [5, 5.41) is 0. The van der Waals surface area contributed by atoms with Gasteiger partial charge in [-0.2, -0.15) is 0 Å². The van der Waals surface area contributed by atoms with Gasteiger partial charge in [-0.1, -0.05) is 57.2 Å². The first kappa shape index (κ1) is 21.0. The number of hydrogen-bond donors (Lipinski definition) is 0. The Morgan fingerprint density at radius 3 is 2.52 bits per heavy atom. The molecule has 0 radical (unpaired) electrons. The number of aryl methyl sites for hydroxylation is 1. The Balaban J connectivity index is 1.90. The minimum Gasteiger partial charge on any atom is -0.298 e. The molecule has 0 amide bonds. The SMILES string of the molecule is CC=CCc1ccn2c(-c3ccnc(CC(C)C)n3)c(-c3ccc(CC)cc3)nc2c1. The second-order valence-corrected chi connectivity index (χ2v) is 8.35. The average Bonchev–Trinajstić information content (AvgIpc) is 3.16. The van der Waals surface area contributed by atoms with Gasteiger partial charge >= 0.3 is 0 Å². The van der Waals surface area contributed by atoms with E-state index >= 15 is 0 Å². The van der Waals surface area contributed by atoms with Gasteiger partial charge in [-0.15, -0.1) is 0 Å². The zero-order chi connectivity index (χ0) is 21.8. The molecule has 0 saturated heterocycles. The van der Waals surface area contributed by atoms with E-state index in [9.17, 15) is 0 Å². The van der Waals surface area contributed by atoms with Gasteiger partial charge in [0.2, 0.25) is 0 Å². The number of imidazole rings is 1. The van der Waals surface area contributed by atoms with Crippen molar-refractivity contribution in [2.45, 2.75) is 47.0 Å². The Labute approximate surface area is 184 Å². The lowest BCUT2D eigenvalue weighted by atomic mass is 10.0. The predicted octanol–water partition coefficient (Wildman–Crippen LogP) is 6.34. The van der Waals surface area contributed by atoms with Crippen LogP contribution in [0, 0.1) is 5.92 Å². The summed E-state index contributed by atoms with van der Waals surface area (Å²) in [6, 6.07) is 15.0. The summed E-state index contributed by atoms with van der Waals surface area (Å²) in [4.78, 5) is 14.5. The fourth-order valence-corrected chi connectivity index (χ4v) is 3.81. The van der Waals surface area contributed by atoms with Crippen molar-refractivity contribution in [1.82, 2.24) is 19.4 Å². The maximum absolute atomic E-state index is 5.05. The number of hydrogen-bond acceptors (Lipinski definition) is 3. The molecular formula is C27H30N4. The first-order chi connectivity index (χ1) is 15.1. The van der Waals surface area contributed by atoms with E-state index in [1.807, 2.05) is 19.2 Å². The van der Waals surface area contributed by atoms with Crippen LogP contribution in [0.25, 0.3) is 28.3 Å². The van der Waals surface area contributed by atoms with Gasteiger partial charge in [-0.05, 0) is 55.0 Å². The lowest BCUT2D eigenvalue weighted by molar-refractivity contribution is 0.621. The zero-order valence-corrected chi connectivity index (χ0v) is 18.8. The van der Waals surface area contributed by atoms with Crippen LogP contribution < -0.4 is 0 Å². The molecule has 0 aliphatic heterocycles. The molecule has 0 N–H and O–H groups in total. The van der Waals surface area contributed by atoms with Crippen LogP contribution in [0.2, 0.25) is 0 Å². The largest absolute Gasteiger partial charge is 0.298 e. The monoisotopic (exact) mass is 410 g/mol. The fraction of sp³-hybridized carbons (Fsp3) is 0.296. The second kappa shape index (κ2) is 9.25. The minimum absolute atomic E-state index is 0.507. The van der Waals surface area contributed by atoms with Gasteiger partial charge in [0.05, 0.1) is 17.1 Å². The topological polar surface area (TPSA) is 43.1 Å². The van der Waals surface area contributed by atoms with Gasteiger partial charge in [0, 0.05) is 24.4 Å². The van der Waals surface area contributed by atoms with Crippen molar-refractivity contribution < 1.29 is 0 Å². The third-order valence-corrected chi connectivity index (χ3v) is 5.45. The van der Waals surface area contributed by atoms with Crippen molar-refractivity contribution in [3.05, 3.63) is 84.0 Å². The number of allylic oxidation sites excluding steroid dienone is 2. The highest BCUT2D eigenvalue weighted by molar-refractivity contribution is 5.80. The maximum Gasteiger partial charge on any atom is 0.138 e. The van der Waals surface area contributed by atoms with E-state index in [4.69, 9.17) is 9.97 Å². The Morgan fingerprint density at radius 1 is 1.00 bits per heavy atom.